The van der Waals surface area contributed by atoms with Crippen LogP contribution in [-0.2, 0) is 11.8 Å². The number of rotatable bonds is 8. The maximum absolute atomic E-state index is 12.2. The van der Waals surface area contributed by atoms with E-state index in [9.17, 15) is 9.59 Å². The van der Waals surface area contributed by atoms with Crippen molar-refractivity contribution in [3.63, 3.8) is 0 Å². The van der Waals surface area contributed by atoms with Crippen LogP contribution in [0.15, 0.2) is 30.9 Å². The summed E-state index contributed by atoms with van der Waals surface area (Å²) in [4.78, 5) is 32.6. The minimum Gasteiger partial charge on any atom is -0.490 e. The van der Waals surface area contributed by atoms with E-state index in [1.165, 1.54) is 0 Å². The van der Waals surface area contributed by atoms with Crippen LogP contribution >= 0.6 is 0 Å². The molecule has 1 aliphatic rings. The van der Waals surface area contributed by atoms with Gasteiger partial charge in [-0.3, -0.25) is 9.59 Å². The Balaban J connectivity index is 1.75. The van der Waals surface area contributed by atoms with E-state index in [-0.39, 0.29) is 23.6 Å². The van der Waals surface area contributed by atoms with Crippen LogP contribution in [0.4, 0.5) is 0 Å². The molecule has 0 unspecified atom stereocenters. The van der Waals surface area contributed by atoms with Crippen molar-refractivity contribution in [2.45, 2.75) is 45.3 Å². The average Bonchev–Trinajstić information content (AvgIpc) is 3.35. The molecule has 1 saturated heterocycles. The molecule has 1 aliphatic heterocycles. The Morgan fingerprint density at radius 1 is 1.31 bits per heavy atom. The number of nitrogens with two attached hydrogens (primary N) is 1. The number of amides is 2. The summed E-state index contributed by atoms with van der Waals surface area (Å²) in [6.07, 6.45) is 7.17. The van der Waals surface area contributed by atoms with Gasteiger partial charge < -0.3 is 25.1 Å². The summed E-state index contributed by atoms with van der Waals surface area (Å²) in [5, 5.41) is 4.38. The van der Waals surface area contributed by atoms with Gasteiger partial charge >= 0.3 is 0 Å². The summed E-state index contributed by atoms with van der Waals surface area (Å²) in [5.74, 6) is 0.306. The van der Waals surface area contributed by atoms with Gasteiger partial charge in [0, 0.05) is 49.3 Å². The van der Waals surface area contributed by atoms with E-state index in [2.05, 4.69) is 15.3 Å². The molecule has 0 spiro atoms. The molecule has 9 heteroatoms. The molecule has 1 atom stereocenters. The molecule has 3 N–H and O–H groups in total. The fourth-order valence-corrected chi connectivity index (χ4v) is 3.85. The molecular weight excluding hydrogens is 410 g/mol. The molecule has 9 nitrogen and oxygen atoms in total. The third-order valence-electron chi connectivity index (χ3n) is 5.35. The van der Waals surface area contributed by atoms with E-state index in [1.807, 2.05) is 31.7 Å². The standard InChI is InChI=1S/C23H27N5O4/c1-13(2)32-20-9-16-15(8-17(20)22(24)30)18(19-11-28(3)12-26-19)10-25-23(16)31-7-6-14-4-5-21(29)27-14/h8-14H,4-7H2,1-3H3,(H2,24,30)(H,27,29)/t14-/m0/s1. The van der Waals surface area contributed by atoms with Gasteiger partial charge in [0.1, 0.15) is 5.75 Å². The van der Waals surface area contributed by atoms with Crippen LogP contribution in [0.5, 0.6) is 11.6 Å². The number of ether oxygens (including phenoxy) is 2. The number of primary amides is 1. The van der Waals surface area contributed by atoms with E-state index < -0.39 is 5.91 Å². The topological polar surface area (TPSA) is 121 Å². The van der Waals surface area contributed by atoms with Crippen molar-refractivity contribution < 1.29 is 19.1 Å². The molecule has 168 valence electrons. The second kappa shape index (κ2) is 8.86. The average molecular weight is 438 g/mol. The molecule has 0 saturated carbocycles. The molecule has 0 radical (unpaired) electrons. The summed E-state index contributed by atoms with van der Waals surface area (Å²) in [5.41, 5.74) is 7.42. The molecule has 0 aliphatic carbocycles. The molecule has 1 fully saturated rings. The van der Waals surface area contributed by atoms with Crippen LogP contribution in [0.2, 0.25) is 0 Å². The van der Waals surface area contributed by atoms with Crippen LogP contribution in [0.3, 0.4) is 0 Å². The number of aromatic nitrogens is 3. The summed E-state index contributed by atoms with van der Waals surface area (Å²) in [7, 11) is 1.88. The van der Waals surface area contributed by atoms with E-state index >= 15 is 0 Å². The van der Waals surface area contributed by atoms with E-state index in [0.717, 1.165) is 23.1 Å². The Labute approximate surface area is 185 Å². The third kappa shape index (κ3) is 4.51. The highest BCUT2D eigenvalue weighted by Crippen LogP contribution is 2.37. The van der Waals surface area contributed by atoms with Crippen LogP contribution in [0.25, 0.3) is 22.0 Å². The summed E-state index contributed by atoms with van der Waals surface area (Å²) < 4.78 is 13.7. The first-order valence-corrected chi connectivity index (χ1v) is 10.7. The van der Waals surface area contributed by atoms with Gasteiger partial charge in [-0.1, -0.05) is 0 Å². The minimum atomic E-state index is -0.578. The number of hydrogen-bond acceptors (Lipinski definition) is 6. The highest BCUT2D eigenvalue weighted by Gasteiger charge is 2.22. The third-order valence-corrected chi connectivity index (χ3v) is 5.35. The number of hydrogen-bond donors (Lipinski definition) is 2. The zero-order valence-electron chi connectivity index (χ0n) is 18.4. The Hall–Kier alpha value is -3.62. The van der Waals surface area contributed by atoms with Crippen LogP contribution in [0.1, 0.15) is 43.5 Å². The molecule has 2 aromatic heterocycles. The van der Waals surface area contributed by atoms with Crippen molar-refractivity contribution in [1.82, 2.24) is 19.9 Å². The minimum absolute atomic E-state index is 0.0766. The lowest BCUT2D eigenvalue weighted by atomic mass is 10.0. The van der Waals surface area contributed by atoms with E-state index in [1.54, 1.807) is 24.7 Å². The number of carbonyl (C=O) groups excluding carboxylic acids is 2. The van der Waals surface area contributed by atoms with Crippen molar-refractivity contribution in [3.05, 3.63) is 36.4 Å². The number of fused-ring (bicyclic) bond motifs is 1. The smallest absolute Gasteiger partial charge is 0.252 e. The van der Waals surface area contributed by atoms with Crippen molar-refractivity contribution in [3.8, 4) is 22.9 Å². The maximum Gasteiger partial charge on any atom is 0.252 e. The Morgan fingerprint density at radius 3 is 2.75 bits per heavy atom. The van der Waals surface area contributed by atoms with Gasteiger partial charge in [-0.05, 0) is 37.8 Å². The lowest BCUT2D eigenvalue weighted by Crippen LogP contribution is -2.26. The van der Waals surface area contributed by atoms with Gasteiger partial charge in [0.15, 0.2) is 0 Å². The summed E-state index contributed by atoms with van der Waals surface area (Å²) >= 11 is 0. The number of aryl methyl sites for hydroxylation is 1. The van der Waals surface area contributed by atoms with Gasteiger partial charge in [0.25, 0.3) is 5.91 Å². The van der Waals surface area contributed by atoms with Crippen molar-refractivity contribution in [2.75, 3.05) is 6.61 Å². The van der Waals surface area contributed by atoms with Gasteiger partial charge in [0.2, 0.25) is 11.8 Å². The maximum atomic E-state index is 12.2. The lowest BCUT2D eigenvalue weighted by molar-refractivity contribution is -0.119. The van der Waals surface area contributed by atoms with Crippen molar-refractivity contribution in [2.24, 2.45) is 12.8 Å². The molecule has 1 aromatic carbocycles. The number of carbonyl (C=O) groups is 2. The first-order valence-electron chi connectivity index (χ1n) is 10.7. The van der Waals surface area contributed by atoms with Crippen molar-refractivity contribution >= 4 is 22.6 Å². The fraction of sp³-hybridized carbons (Fsp3) is 0.391. The van der Waals surface area contributed by atoms with Crippen LogP contribution in [-0.4, -0.2) is 45.1 Å². The Bertz CT molecular complexity index is 1170. The highest BCUT2D eigenvalue weighted by atomic mass is 16.5. The van der Waals surface area contributed by atoms with Gasteiger partial charge in [-0.2, -0.15) is 0 Å². The molecule has 0 bridgehead atoms. The SMILES string of the molecule is CC(C)Oc1cc2c(OCC[C@@H]3CCC(=O)N3)ncc(-c3cn(C)cn3)c2cc1C(N)=O. The molecule has 2 amide bonds. The quantitative estimate of drug-likeness (QED) is 0.559. The number of nitrogens with one attached hydrogen (secondary N) is 1. The Kier molecular flexibility index (Phi) is 5.98. The molecular formula is C23H27N5O4. The lowest BCUT2D eigenvalue weighted by Gasteiger charge is -2.17. The number of nitrogens with zero attached hydrogens (tertiary/aromatic N) is 3. The number of pyridine rings is 1. The largest absolute Gasteiger partial charge is 0.490 e. The van der Waals surface area contributed by atoms with Crippen molar-refractivity contribution in [1.29, 1.82) is 0 Å². The van der Waals surface area contributed by atoms with Crippen LogP contribution < -0.4 is 20.5 Å². The molecule has 4 rings (SSSR count). The van der Waals surface area contributed by atoms with Crippen LogP contribution in [0, 0.1) is 0 Å². The first kappa shape index (κ1) is 21.6. The molecule has 3 aromatic rings. The Morgan fingerprint density at radius 2 is 2.12 bits per heavy atom. The fourth-order valence-electron chi connectivity index (χ4n) is 3.85. The molecule has 3 heterocycles. The number of benzene rings is 1. The number of imidazole rings is 1. The summed E-state index contributed by atoms with van der Waals surface area (Å²) in [6, 6.07) is 3.58. The first-order chi connectivity index (χ1) is 15.3. The highest BCUT2D eigenvalue weighted by molar-refractivity contribution is 6.06. The van der Waals surface area contributed by atoms with E-state index in [4.69, 9.17) is 15.2 Å². The van der Waals surface area contributed by atoms with Gasteiger partial charge in [0.05, 0.1) is 30.3 Å². The van der Waals surface area contributed by atoms with E-state index in [0.29, 0.717) is 36.5 Å². The molecule has 32 heavy (non-hydrogen) atoms. The second-order valence-corrected chi connectivity index (χ2v) is 8.27. The predicted molar refractivity (Wildman–Crippen MR) is 120 cm³/mol. The zero-order chi connectivity index (χ0) is 22.8. The summed E-state index contributed by atoms with van der Waals surface area (Å²) in [6.45, 7) is 4.16. The van der Waals surface area contributed by atoms with Gasteiger partial charge in [-0.25, -0.2) is 9.97 Å². The predicted octanol–water partition coefficient (Wildman–Crippen LogP) is 2.57. The zero-order valence-corrected chi connectivity index (χ0v) is 18.4. The monoisotopic (exact) mass is 437 g/mol. The second-order valence-electron chi connectivity index (χ2n) is 8.27. The normalized spacial score (nSPS) is 15.9. The van der Waals surface area contributed by atoms with Gasteiger partial charge in [-0.15, -0.1) is 0 Å².